The molecule has 0 amide bonds. The summed E-state index contributed by atoms with van der Waals surface area (Å²) >= 11 is 0. The van der Waals surface area contributed by atoms with E-state index >= 15 is 0 Å². The molecule has 0 saturated heterocycles. The lowest BCUT2D eigenvalue weighted by Gasteiger charge is -2.09. The van der Waals surface area contributed by atoms with Gasteiger partial charge < -0.3 is 5.32 Å². The summed E-state index contributed by atoms with van der Waals surface area (Å²) in [6, 6.07) is 28.1. The highest BCUT2D eigenvalue weighted by molar-refractivity contribution is 5.74. The fourth-order valence-corrected chi connectivity index (χ4v) is 4.25. The molecule has 4 aromatic rings. The maximum atomic E-state index is 5.09. The first kappa shape index (κ1) is 18.7. The lowest BCUT2D eigenvalue weighted by atomic mass is 10.00. The van der Waals surface area contributed by atoms with Crippen molar-refractivity contribution in [3.8, 4) is 28.1 Å². The lowest BCUT2D eigenvalue weighted by Crippen LogP contribution is -2.07. The number of nitrogens with zero attached hydrogens (tertiary/aromatic N) is 2. The zero-order chi connectivity index (χ0) is 20.3. The standard InChI is InChI=1S/C27H27N3/c1-2-20-11-17-24(18-12-20)30-27-25(10-6-7-19-28-27)26(29-30)23-15-13-22(14-16-23)21-8-4-3-5-9-21/h3-5,8-9,11-18,28H,2,6-7,10,19H2,1H3. The monoisotopic (exact) mass is 393 g/mol. The van der Waals surface area contributed by atoms with Gasteiger partial charge in [0.2, 0.25) is 0 Å². The van der Waals surface area contributed by atoms with Crippen molar-refractivity contribution in [1.29, 1.82) is 0 Å². The molecule has 150 valence electrons. The first-order valence-corrected chi connectivity index (χ1v) is 10.9. The van der Waals surface area contributed by atoms with Crippen LogP contribution >= 0.6 is 0 Å². The van der Waals surface area contributed by atoms with Gasteiger partial charge in [0.25, 0.3) is 0 Å². The number of benzene rings is 3. The van der Waals surface area contributed by atoms with Gasteiger partial charge in [0.15, 0.2) is 0 Å². The molecule has 0 spiro atoms. The highest BCUT2D eigenvalue weighted by Gasteiger charge is 2.21. The van der Waals surface area contributed by atoms with Crippen LogP contribution in [-0.4, -0.2) is 16.3 Å². The average Bonchev–Trinajstić information content (AvgIpc) is 3.00. The van der Waals surface area contributed by atoms with E-state index in [1.807, 2.05) is 0 Å². The summed E-state index contributed by atoms with van der Waals surface area (Å²) in [5, 5.41) is 8.73. The Labute approximate surface area is 178 Å². The zero-order valence-electron chi connectivity index (χ0n) is 17.4. The number of aryl methyl sites for hydroxylation is 1. The number of hydrogen-bond acceptors (Lipinski definition) is 2. The zero-order valence-corrected chi connectivity index (χ0v) is 17.4. The molecule has 5 rings (SSSR count). The number of hydrogen-bond donors (Lipinski definition) is 1. The molecule has 30 heavy (non-hydrogen) atoms. The van der Waals surface area contributed by atoms with Crippen LogP contribution in [0, 0.1) is 0 Å². The van der Waals surface area contributed by atoms with Crippen molar-refractivity contribution < 1.29 is 0 Å². The second-order valence-corrected chi connectivity index (χ2v) is 7.93. The predicted molar refractivity (Wildman–Crippen MR) is 125 cm³/mol. The van der Waals surface area contributed by atoms with Crippen LogP contribution in [-0.2, 0) is 12.8 Å². The van der Waals surface area contributed by atoms with E-state index in [-0.39, 0.29) is 0 Å². The van der Waals surface area contributed by atoms with Gasteiger partial charge in [-0.2, -0.15) is 5.10 Å². The van der Waals surface area contributed by atoms with E-state index in [0.717, 1.165) is 36.6 Å². The van der Waals surface area contributed by atoms with E-state index in [0.29, 0.717) is 0 Å². The molecule has 0 unspecified atom stereocenters. The number of fused-ring (bicyclic) bond motifs is 1. The second kappa shape index (κ2) is 8.19. The van der Waals surface area contributed by atoms with Gasteiger partial charge in [0, 0.05) is 17.7 Å². The SMILES string of the molecule is CCc1ccc(-n2nc(-c3ccc(-c4ccccc4)cc3)c3c2NCCCC3)cc1. The smallest absolute Gasteiger partial charge is 0.133 e. The highest BCUT2D eigenvalue weighted by Crippen LogP contribution is 2.34. The lowest BCUT2D eigenvalue weighted by molar-refractivity contribution is 0.780. The van der Waals surface area contributed by atoms with E-state index < -0.39 is 0 Å². The van der Waals surface area contributed by atoms with Gasteiger partial charge in [-0.3, -0.25) is 0 Å². The molecule has 3 nitrogen and oxygen atoms in total. The Bertz CT molecular complexity index is 1120. The normalized spacial score (nSPS) is 13.4. The second-order valence-electron chi connectivity index (χ2n) is 7.93. The first-order chi connectivity index (χ1) is 14.8. The summed E-state index contributed by atoms with van der Waals surface area (Å²) < 4.78 is 2.10. The van der Waals surface area contributed by atoms with Gasteiger partial charge in [-0.1, -0.05) is 73.7 Å². The third-order valence-corrected chi connectivity index (χ3v) is 5.98. The molecule has 0 saturated carbocycles. The minimum Gasteiger partial charge on any atom is -0.370 e. The minimum atomic E-state index is 0.998. The number of aromatic nitrogens is 2. The van der Waals surface area contributed by atoms with Crippen LogP contribution in [0.5, 0.6) is 0 Å². The van der Waals surface area contributed by atoms with Crippen molar-refractivity contribution >= 4 is 5.82 Å². The first-order valence-electron chi connectivity index (χ1n) is 10.9. The van der Waals surface area contributed by atoms with Gasteiger partial charge >= 0.3 is 0 Å². The van der Waals surface area contributed by atoms with E-state index in [1.165, 1.54) is 40.7 Å². The molecule has 2 heterocycles. The molecule has 0 radical (unpaired) electrons. The van der Waals surface area contributed by atoms with Crippen LogP contribution < -0.4 is 5.32 Å². The van der Waals surface area contributed by atoms with E-state index in [4.69, 9.17) is 5.10 Å². The van der Waals surface area contributed by atoms with Crippen molar-refractivity contribution in [1.82, 2.24) is 9.78 Å². The molecule has 0 fully saturated rings. The molecule has 1 N–H and O–H groups in total. The summed E-state index contributed by atoms with van der Waals surface area (Å²) in [5.74, 6) is 1.15. The van der Waals surface area contributed by atoms with Crippen molar-refractivity contribution in [2.24, 2.45) is 0 Å². The van der Waals surface area contributed by atoms with Crippen LogP contribution in [0.3, 0.4) is 0 Å². The number of anilines is 1. The number of nitrogens with one attached hydrogen (secondary N) is 1. The molecule has 1 aromatic heterocycles. The van der Waals surface area contributed by atoms with Crippen LogP contribution in [0.4, 0.5) is 5.82 Å². The Morgan fingerprint density at radius 3 is 2.23 bits per heavy atom. The highest BCUT2D eigenvalue weighted by atomic mass is 15.3. The predicted octanol–water partition coefficient (Wildman–Crippen LogP) is 6.52. The molecule has 3 aromatic carbocycles. The summed E-state index contributed by atoms with van der Waals surface area (Å²) in [4.78, 5) is 0. The molecule has 1 aliphatic rings. The summed E-state index contributed by atoms with van der Waals surface area (Å²) in [5.41, 5.74) is 8.55. The molecule has 3 heteroatoms. The van der Waals surface area contributed by atoms with Gasteiger partial charge in [-0.05, 0) is 54.5 Å². The van der Waals surface area contributed by atoms with Crippen LogP contribution in [0.2, 0.25) is 0 Å². The average molecular weight is 394 g/mol. The largest absolute Gasteiger partial charge is 0.370 e. The van der Waals surface area contributed by atoms with Gasteiger partial charge in [0.05, 0.1) is 11.4 Å². The fraction of sp³-hybridized carbons (Fsp3) is 0.222. The molecule has 0 aliphatic carbocycles. The molecular weight excluding hydrogens is 366 g/mol. The van der Waals surface area contributed by atoms with Crippen molar-refractivity contribution in [3.05, 3.63) is 90.0 Å². The Kier molecular flexibility index (Phi) is 5.10. The molecule has 1 aliphatic heterocycles. The quantitative estimate of drug-likeness (QED) is 0.428. The van der Waals surface area contributed by atoms with Crippen LogP contribution in [0.1, 0.15) is 30.9 Å². The molecule has 0 bridgehead atoms. The van der Waals surface area contributed by atoms with Gasteiger partial charge in [-0.25, -0.2) is 4.68 Å². The van der Waals surface area contributed by atoms with E-state index in [2.05, 4.69) is 95.8 Å². The Morgan fingerprint density at radius 2 is 1.50 bits per heavy atom. The maximum Gasteiger partial charge on any atom is 0.133 e. The van der Waals surface area contributed by atoms with Crippen molar-refractivity contribution in [3.63, 3.8) is 0 Å². The number of rotatable bonds is 4. The van der Waals surface area contributed by atoms with Crippen molar-refractivity contribution in [2.75, 3.05) is 11.9 Å². The van der Waals surface area contributed by atoms with E-state index in [9.17, 15) is 0 Å². The Balaban J connectivity index is 1.57. The summed E-state index contributed by atoms with van der Waals surface area (Å²) in [6.07, 6.45) is 4.49. The Hall–Kier alpha value is -3.33. The summed E-state index contributed by atoms with van der Waals surface area (Å²) in [6.45, 7) is 3.19. The third kappa shape index (κ3) is 3.52. The van der Waals surface area contributed by atoms with Crippen LogP contribution in [0.25, 0.3) is 28.1 Å². The molecule has 0 atom stereocenters. The minimum absolute atomic E-state index is 0.998. The van der Waals surface area contributed by atoms with E-state index in [1.54, 1.807) is 0 Å². The topological polar surface area (TPSA) is 29.9 Å². The Morgan fingerprint density at radius 1 is 0.800 bits per heavy atom. The van der Waals surface area contributed by atoms with Crippen molar-refractivity contribution in [2.45, 2.75) is 32.6 Å². The molecular formula is C27H27N3. The van der Waals surface area contributed by atoms with Gasteiger partial charge in [0.1, 0.15) is 5.82 Å². The van der Waals surface area contributed by atoms with Gasteiger partial charge in [-0.15, -0.1) is 0 Å². The maximum absolute atomic E-state index is 5.09. The fourth-order valence-electron chi connectivity index (χ4n) is 4.25. The summed E-state index contributed by atoms with van der Waals surface area (Å²) in [7, 11) is 0. The third-order valence-electron chi connectivity index (χ3n) is 5.98. The van der Waals surface area contributed by atoms with Crippen LogP contribution in [0.15, 0.2) is 78.9 Å².